The molecule has 4 nitrogen and oxygen atoms in total. The minimum atomic E-state index is -1.04. The van der Waals surface area contributed by atoms with E-state index in [1.54, 1.807) is 18.2 Å². The van der Waals surface area contributed by atoms with Gasteiger partial charge in [-0.05, 0) is 31.2 Å². The molecule has 0 saturated heterocycles. The first-order chi connectivity index (χ1) is 9.50. The molecule has 20 heavy (non-hydrogen) atoms. The van der Waals surface area contributed by atoms with E-state index in [0.29, 0.717) is 0 Å². The number of carbonyl (C=O) groups is 1. The Morgan fingerprint density at radius 2 is 1.85 bits per heavy atom. The van der Waals surface area contributed by atoms with Gasteiger partial charge in [0.2, 0.25) is 0 Å². The van der Waals surface area contributed by atoms with Gasteiger partial charge in [0, 0.05) is 0 Å². The number of primary amides is 1. The number of amides is 1. The van der Waals surface area contributed by atoms with Gasteiger partial charge in [-0.25, -0.2) is 4.39 Å². The van der Waals surface area contributed by atoms with E-state index >= 15 is 0 Å². The summed E-state index contributed by atoms with van der Waals surface area (Å²) in [6.07, 6.45) is -1.04. The van der Waals surface area contributed by atoms with Gasteiger partial charge < -0.3 is 15.6 Å². The second kappa shape index (κ2) is 5.71. The topological polar surface area (TPSA) is 72.6 Å². The van der Waals surface area contributed by atoms with Crippen LogP contribution in [0.4, 0.5) is 4.39 Å². The fourth-order valence-corrected chi connectivity index (χ4v) is 1.89. The molecular weight excluding hydrogens is 261 g/mol. The van der Waals surface area contributed by atoms with Crippen LogP contribution in [0.1, 0.15) is 28.9 Å². The normalized spacial score (nSPS) is 11.9. The third kappa shape index (κ3) is 2.78. The number of rotatable bonds is 4. The van der Waals surface area contributed by atoms with Crippen molar-refractivity contribution >= 4 is 5.91 Å². The number of para-hydroxylation sites is 1. The average molecular weight is 275 g/mol. The lowest BCUT2D eigenvalue weighted by Gasteiger charge is -2.15. The second-order valence-electron chi connectivity index (χ2n) is 4.29. The number of aliphatic hydroxyl groups excluding tert-OH is 1. The van der Waals surface area contributed by atoms with Crippen molar-refractivity contribution in [2.45, 2.75) is 13.0 Å². The van der Waals surface area contributed by atoms with Gasteiger partial charge in [0.1, 0.15) is 17.3 Å². The van der Waals surface area contributed by atoms with E-state index < -0.39 is 17.8 Å². The molecule has 2 aromatic rings. The second-order valence-corrected chi connectivity index (χ2v) is 4.29. The molecule has 1 atom stereocenters. The molecule has 1 amide bonds. The summed E-state index contributed by atoms with van der Waals surface area (Å²) >= 11 is 0. The number of halogens is 1. The number of benzene rings is 2. The van der Waals surface area contributed by atoms with Crippen LogP contribution in [0.15, 0.2) is 42.5 Å². The van der Waals surface area contributed by atoms with Crippen molar-refractivity contribution in [2.24, 2.45) is 5.73 Å². The van der Waals surface area contributed by atoms with Crippen molar-refractivity contribution in [1.29, 1.82) is 0 Å². The monoisotopic (exact) mass is 275 g/mol. The van der Waals surface area contributed by atoms with Gasteiger partial charge >= 0.3 is 0 Å². The van der Waals surface area contributed by atoms with Crippen LogP contribution < -0.4 is 10.5 Å². The summed E-state index contributed by atoms with van der Waals surface area (Å²) in [7, 11) is 0. The van der Waals surface area contributed by atoms with Crippen molar-refractivity contribution in [3.8, 4) is 11.5 Å². The Bertz CT molecular complexity index is 641. The number of ether oxygens (including phenoxy) is 1. The third-order valence-corrected chi connectivity index (χ3v) is 2.80. The SMILES string of the molecule is CC(O)c1c(F)cccc1Oc1ccccc1C(N)=O. The lowest BCUT2D eigenvalue weighted by atomic mass is 10.1. The minimum Gasteiger partial charge on any atom is -0.456 e. The molecule has 2 rings (SSSR count). The molecule has 0 bridgehead atoms. The van der Waals surface area contributed by atoms with E-state index in [4.69, 9.17) is 10.5 Å². The van der Waals surface area contributed by atoms with Crippen LogP contribution in [0.2, 0.25) is 0 Å². The van der Waals surface area contributed by atoms with Gasteiger partial charge in [-0.2, -0.15) is 0 Å². The van der Waals surface area contributed by atoms with Crippen LogP contribution in [-0.2, 0) is 0 Å². The van der Waals surface area contributed by atoms with E-state index in [2.05, 4.69) is 0 Å². The van der Waals surface area contributed by atoms with Crippen LogP contribution in [0.3, 0.4) is 0 Å². The fourth-order valence-electron chi connectivity index (χ4n) is 1.89. The van der Waals surface area contributed by atoms with Gasteiger partial charge in [-0.15, -0.1) is 0 Å². The largest absolute Gasteiger partial charge is 0.456 e. The van der Waals surface area contributed by atoms with Gasteiger partial charge in [0.25, 0.3) is 5.91 Å². The first-order valence-electron chi connectivity index (χ1n) is 6.04. The number of carbonyl (C=O) groups excluding carboxylic acids is 1. The molecule has 0 aromatic heterocycles. The van der Waals surface area contributed by atoms with E-state index in [9.17, 15) is 14.3 Å². The molecule has 0 aliphatic rings. The molecule has 0 heterocycles. The molecule has 2 aromatic carbocycles. The highest BCUT2D eigenvalue weighted by Crippen LogP contribution is 2.32. The molecule has 0 radical (unpaired) electrons. The van der Waals surface area contributed by atoms with Crippen LogP contribution in [-0.4, -0.2) is 11.0 Å². The number of hydrogen-bond donors (Lipinski definition) is 2. The van der Waals surface area contributed by atoms with Crippen molar-refractivity contribution in [3.63, 3.8) is 0 Å². The Kier molecular flexibility index (Phi) is 4.00. The Morgan fingerprint density at radius 3 is 2.50 bits per heavy atom. The standard InChI is InChI=1S/C15H14FNO3/c1-9(18)14-11(16)6-4-8-13(14)20-12-7-3-2-5-10(12)15(17)19/h2-9,18H,1H3,(H2,17,19). The molecule has 0 fully saturated rings. The summed E-state index contributed by atoms with van der Waals surface area (Å²) in [6.45, 7) is 1.44. The zero-order valence-corrected chi connectivity index (χ0v) is 10.8. The van der Waals surface area contributed by atoms with Crippen molar-refractivity contribution in [3.05, 3.63) is 59.4 Å². The highest BCUT2D eigenvalue weighted by atomic mass is 19.1. The van der Waals surface area contributed by atoms with E-state index in [1.807, 2.05) is 0 Å². The van der Waals surface area contributed by atoms with Crippen LogP contribution in [0.5, 0.6) is 11.5 Å². The lowest BCUT2D eigenvalue weighted by molar-refractivity contribution is 0.0998. The van der Waals surface area contributed by atoms with Gasteiger partial charge in [-0.1, -0.05) is 18.2 Å². The average Bonchev–Trinajstić information content (AvgIpc) is 2.38. The van der Waals surface area contributed by atoms with Gasteiger partial charge in [-0.3, -0.25) is 4.79 Å². The summed E-state index contributed by atoms with van der Waals surface area (Å²) in [5.41, 5.74) is 5.48. The Hall–Kier alpha value is -2.40. The predicted octanol–water partition coefficient (Wildman–Crippen LogP) is 2.77. The van der Waals surface area contributed by atoms with Crippen LogP contribution >= 0.6 is 0 Å². The zero-order chi connectivity index (χ0) is 14.7. The first kappa shape index (κ1) is 14.0. The summed E-state index contributed by atoms with van der Waals surface area (Å²) in [4.78, 5) is 11.3. The van der Waals surface area contributed by atoms with Crippen molar-refractivity contribution in [1.82, 2.24) is 0 Å². The quantitative estimate of drug-likeness (QED) is 0.901. The number of nitrogens with two attached hydrogens (primary N) is 1. The zero-order valence-electron chi connectivity index (χ0n) is 10.8. The summed E-state index contributed by atoms with van der Waals surface area (Å²) in [5, 5.41) is 9.63. The van der Waals surface area contributed by atoms with E-state index in [-0.39, 0.29) is 22.6 Å². The lowest BCUT2D eigenvalue weighted by Crippen LogP contribution is -2.12. The molecule has 3 N–H and O–H groups in total. The molecule has 0 saturated carbocycles. The Labute approximate surface area is 115 Å². The molecule has 1 unspecified atom stereocenters. The van der Waals surface area contributed by atoms with Gasteiger partial charge in [0.15, 0.2) is 0 Å². The number of hydrogen-bond acceptors (Lipinski definition) is 3. The summed E-state index contributed by atoms with van der Waals surface area (Å²) in [6, 6.07) is 10.6. The maximum absolute atomic E-state index is 13.7. The maximum Gasteiger partial charge on any atom is 0.252 e. The maximum atomic E-state index is 13.7. The third-order valence-electron chi connectivity index (χ3n) is 2.80. The van der Waals surface area contributed by atoms with Crippen LogP contribution in [0.25, 0.3) is 0 Å². The van der Waals surface area contributed by atoms with Crippen LogP contribution in [0, 0.1) is 5.82 Å². The molecule has 0 aliphatic heterocycles. The van der Waals surface area contributed by atoms with E-state index in [1.165, 1.54) is 31.2 Å². The molecular formula is C15H14FNO3. The molecule has 0 spiro atoms. The van der Waals surface area contributed by atoms with Crippen molar-refractivity contribution in [2.75, 3.05) is 0 Å². The van der Waals surface area contributed by atoms with E-state index in [0.717, 1.165) is 0 Å². The molecule has 104 valence electrons. The molecule has 5 heteroatoms. The Morgan fingerprint density at radius 1 is 1.20 bits per heavy atom. The summed E-state index contributed by atoms with van der Waals surface area (Å²) < 4.78 is 19.3. The molecule has 0 aliphatic carbocycles. The minimum absolute atomic E-state index is 0.0340. The van der Waals surface area contributed by atoms with Crippen molar-refractivity contribution < 1.29 is 19.0 Å². The van der Waals surface area contributed by atoms with Gasteiger partial charge in [0.05, 0.1) is 17.2 Å². The number of aliphatic hydroxyl groups is 1. The fraction of sp³-hybridized carbons (Fsp3) is 0.133. The smallest absolute Gasteiger partial charge is 0.252 e. The first-order valence-corrected chi connectivity index (χ1v) is 6.04. The highest BCUT2D eigenvalue weighted by molar-refractivity contribution is 5.95. The summed E-state index contributed by atoms with van der Waals surface area (Å²) in [5.74, 6) is -0.856. The Balaban J connectivity index is 2.46. The highest BCUT2D eigenvalue weighted by Gasteiger charge is 2.17. The predicted molar refractivity (Wildman–Crippen MR) is 72.1 cm³/mol.